The van der Waals surface area contributed by atoms with Crippen LogP contribution in [-0.2, 0) is 15.4 Å². The number of hydrogen-bond donors (Lipinski definition) is 1. The summed E-state index contributed by atoms with van der Waals surface area (Å²) in [4.78, 5) is 3.89. The molecule has 2 rings (SSSR count). The second-order valence-electron chi connectivity index (χ2n) is 5.35. The van der Waals surface area contributed by atoms with Crippen LogP contribution in [0.1, 0.15) is 19.5 Å². The number of aromatic nitrogens is 1. The van der Waals surface area contributed by atoms with Crippen LogP contribution in [0.5, 0.6) is 0 Å². The number of nitrogens with zero attached hydrogens (tertiary/aromatic N) is 1. The molecule has 1 heterocycles. The fourth-order valence-electron chi connectivity index (χ4n) is 1.87. The lowest BCUT2D eigenvalue weighted by molar-refractivity contribution is 0.486. The monoisotopic (exact) mass is 308 g/mol. The fraction of sp³-hybridized carbons (Fsp3) is 0.267. The Morgan fingerprint density at radius 2 is 1.81 bits per heavy atom. The lowest BCUT2D eigenvalue weighted by atomic mass is 9.89. The summed E-state index contributed by atoms with van der Waals surface area (Å²) in [6, 6.07) is 10.8. The van der Waals surface area contributed by atoms with Crippen LogP contribution in [0.25, 0.3) is 0 Å². The van der Waals surface area contributed by atoms with E-state index in [1.54, 1.807) is 12.3 Å². The minimum Gasteiger partial charge on any atom is -0.261 e. The van der Waals surface area contributed by atoms with Gasteiger partial charge in [0, 0.05) is 23.9 Å². The molecule has 0 aliphatic carbocycles. The van der Waals surface area contributed by atoms with E-state index in [1.165, 1.54) is 18.2 Å². The zero-order valence-corrected chi connectivity index (χ0v) is 12.7. The van der Waals surface area contributed by atoms with Crippen LogP contribution in [-0.4, -0.2) is 19.9 Å². The highest BCUT2D eigenvalue weighted by molar-refractivity contribution is 7.89. The van der Waals surface area contributed by atoms with Gasteiger partial charge in [-0.1, -0.05) is 32.0 Å². The molecule has 0 atom stereocenters. The summed E-state index contributed by atoms with van der Waals surface area (Å²) >= 11 is 0. The molecule has 0 saturated heterocycles. The molecule has 0 aliphatic heterocycles. The topological polar surface area (TPSA) is 59.1 Å². The molecule has 21 heavy (non-hydrogen) atoms. The molecule has 1 aromatic carbocycles. The lowest BCUT2D eigenvalue weighted by Crippen LogP contribution is -2.37. The number of sulfonamides is 1. The molecule has 0 bridgehead atoms. The van der Waals surface area contributed by atoms with Gasteiger partial charge in [0.15, 0.2) is 0 Å². The van der Waals surface area contributed by atoms with Crippen LogP contribution < -0.4 is 4.72 Å². The van der Waals surface area contributed by atoms with Crippen molar-refractivity contribution in [2.24, 2.45) is 0 Å². The summed E-state index contributed by atoms with van der Waals surface area (Å²) in [6.45, 7) is 3.87. The van der Waals surface area contributed by atoms with Crippen LogP contribution in [0.2, 0.25) is 0 Å². The number of nitrogens with one attached hydrogen (secondary N) is 1. The molecule has 2 aromatic rings. The normalized spacial score (nSPS) is 12.3. The molecular weight excluding hydrogens is 291 g/mol. The Balaban J connectivity index is 2.18. The third-order valence-corrected chi connectivity index (χ3v) is 4.62. The predicted octanol–water partition coefficient (Wildman–Crippen LogP) is 2.48. The van der Waals surface area contributed by atoms with Gasteiger partial charge < -0.3 is 0 Å². The van der Waals surface area contributed by atoms with Crippen LogP contribution in [0, 0.1) is 5.82 Å². The van der Waals surface area contributed by atoms with E-state index >= 15 is 0 Å². The maximum absolute atomic E-state index is 13.6. The maximum Gasteiger partial charge on any atom is 0.243 e. The van der Waals surface area contributed by atoms with E-state index in [9.17, 15) is 12.8 Å². The summed E-state index contributed by atoms with van der Waals surface area (Å²) in [7, 11) is -3.88. The number of hydrogen-bond acceptors (Lipinski definition) is 3. The second kappa shape index (κ2) is 5.91. The van der Waals surface area contributed by atoms with Crippen LogP contribution in [0.3, 0.4) is 0 Å². The quantitative estimate of drug-likeness (QED) is 0.923. The lowest BCUT2D eigenvalue weighted by Gasteiger charge is -2.24. The number of benzene rings is 1. The Morgan fingerprint density at radius 3 is 2.43 bits per heavy atom. The van der Waals surface area contributed by atoms with Gasteiger partial charge in [-0.15, -0.1) is 0 Å². The predicted molar refractivity (Wildman–Crippen MR) is 78.9 cm³/mol. The first kappa shape index (κ1) is 15.6. The van der Waals surface area contributed by atoms with E-state index in [4.69, 9.17) is 0 Å². The molecule has 0 spiro atoms. The van der Waals surface area contributed by atoms with Crippen molar-refractivity contribution in [2.75, 3.05) is 6.54 Å². The molecule has 0 aliphatic rings. The third kappa shape index (κ3) is 3.65. The molecule has 0 amide bonds. The van der Waals surface area contributed by atoms with Gasteiger partial charge in [0.05, 0.1) is 0 Å². The molecule has 6 heteroatoms. The summed E-state index contributed by atoms with van der Waals surface area (Å²) in [5.74, 6) is -0.763. The van der Waals surface area contributed by atoms with Gasteiger partial charge in [-0.2, -0.15) is 0 Å². The Hall–Kier alpha value is -1.79. The number of pyridine rings is 1. The highest BCUT2D eigenvalue weighted by Gasteiger charge is 2.26. The van der Waals surface area contributed by atoms with Crippen molar-refractivity contribution in [1.29, 1.82) is 0 Å². The Kier molecular flexibility index (Phi) is 4.39. The van der Waals surface area contributed by atoms with E-state index in [0.29, 0.717) is 0 Å². The molecule has 0 radical (unpaired) electrons. The van der Waals surface area contributed by atoms with Crippen molar-refractivity contribution in [3.05, 3.63) is 60.2 Å². The average molecular weight is 308 g/mol. The van der Waals surface area contributed by atoms with E-state index in [2.05, 4.69) is 9.71 Å². The van der Waals surface area contributed by atoms with Crippen LogP contribution >= 0.6 is 0 Å². The zero-order valence-electron chi connectivity index (χ0n) is 11.9. The van der Waals surface area contributed by atoms with Gasteiger partial charge in [-0.3, -0.25) is 4.98 Å². The van der Waals surface area contributed by atoms with E-state index < -0.39 is 21.3 Å². The van der Waals surface area contributed by atoms with Gasteiger partial charge >= 0.3 is 0 Å². The summed E-state index contributed by atoms with van der Waals surface area (Å²) < 4.78 is 40.4. The van der Waals surface area contributed by atoms with Crippen molar-refractivity contribution in [3.63, 3.8) is 0 Å². The van der Waals surface area contributed by atoms with Gasteiger partial charge in [0.1, 0.15) is 10.7 Å². The van der Waals surface area contributed by atoms with Gasteiger partial charge in [-0.25, -0.2) is 17.5 Å². The molecule has 0 unspecified atom stereocenters. The smallest absolute Gasteiger partial charge is 0.243 e. The standard InChI is InChI=1S/C15H17FN2O2S/c1-15(2,14-9-5-6-10-17-14)11-18-21(19,20)13-8-4-3-7-12(13)16/h3-10,18H,11H2,1-2H3. The second-order valence-corrected chi connectivity index (χ2v) is 7.09. The maximum atomic E-state index is 13.6. The van der Waals surface area contributed by atoms with Crippen LogP contribution in [0.15, 0.2) is 53.6 Å². The Bertz CT molecular complexity index is 715. The molecule has 0 fully saturated rings. The molecule has 4 nitrogen and oxygen atoms in total. The van der Waals surface area contributed by atoms with Gasteiger partial charge in [0.2, 0.25) is 10.0 Å². The average Bonchev–Trinajstić information content (AvgIpc) is 2.47. The van der Waals surface area contributed by atoms with Crippen molar-refractivity contribution >= 4 is 10.0 Å². The van der Waals surface area contributed by atoms with E-state index in [1.807, 2.05) is 26.0 Å². The SMILES string of the molecule is CC(C)(CNS(=O)(=O)c1ccccc1F)c1ccccn1. The zero-order chi connectivity index (χ0) is 15.5. The summed E-state index contributed by atoms with van der Waals surface area (Å²) in [6.07, 6.45) is 1.66. The first-order valence-electron chi connectivity index (χ1n) is 6.49. The first-order valence-corrected chi connectivity index (χ1v) is 7.97. The third-order valence-electron chi connectivity index (χ3n) is 3.19. The number of halogens is 1. The molecule has 0 saturated carbocycles. The highest BCUT2D eigenvalue weighted by Crippen LogP contribution is 2.21. The largest absolute Gasteiger partial charge is 0.261 e. The highest BCUT2D eigenvalue weighted by atomic mass is 32.2. The van der Waals surface area contributed by atoms with Crippen molar-refractivity contribution in [3.8, 4) is 0 Å². The molecule has 1 aromatic heterocycles. The molecule has 112 valence electrons. The van der Waals surface area contributed by atoms with Crippen molar-refractivity contribution in [2.45, 2.75) is 24.2 Å². The van der Waals surface area contributed by atoms with E-state index in [-0.39, 0.29) is 11.4 Å². The van der Waals surface area contributed by atoms with Gasteiger partial charge in [-0.05, 0) is 24.3 Å². The fourth-order valence-corrected chi connectivity index (χ4v) is 3.16. The minimum absolute atomic E-state index is 0.126. The number of rotatable bonds is 5. The minimum atomic E-state index is -3.88. The van der Waals surface area contributed by atoms with E-state index in [0.717, 1.165) is 11.8 Å². The van der Waals surface area contributed by atoms with Crippen molar-refractivity contribution < 1.29 is 12.8 Å². The molecule has 1 N–H and O–H groups in total. The molecular formula is C15H17FN2O2S. The summed E-state index contributed by atoms with van der Waals surface area (Å²) in [5.41, 5.74) is 0.265. The van der Waals surface area contributed by atoms with Crippen LogP contribution in [0.4, 0.5) is 4.39 Å². The Labute approximate surface area is 124 Å². The summed E-state index contributed by atoms with van der Waals surface area (Å²) in [5, 5.41) is 0. The first-order chi connectivity index (χ1) is 9.83. The van der Waals surface area contributed by atoms with Gasteiger partial charge in [0.25, 0.3) is 0 Å². The Morgan fingerprint density at radius 1 is 1.14 bits per heavy atom. The van der Waals surface area contributed by atoms with Crippen molar-refractivity contribution in [1.82, 2.24) is 9.71 Å².